The second-order valence-corrected chi connectivity index (χ2v) is 10.2. The number of hydrogen-bond donors (Lipinski definition) is 0. The van der Waals surface area contributed by atoms with Crippen LogP contribution in [0.4, 0.5) is 0 Å². The Morgan fingerprint density at radius 3 is 0.947 bits per heavy atom. The maximum atomic E-state index is 4.95. The molecule has 0 radical (unpaired) electrons. The first-order valence-corrected chi connectivity index (χ1v) is 11.3. The number of hydrogen-bond acceptors (Lipinski definition) is 3. The number of nitrogens with zero attached hydrogens (tertiary/aromatic N) is 6. The van der Waals surface area contributed by atoms with E-state index in [1.807, 2.05) is 0 Å². The molecule has 0 saturated heterocycles. The van der Waals surface area contributed by atoms with Gasteiger partial charge in [-0.2, -0.15) is 18.6 Å². The topological polar surface area (TPSA) is 81.0 Å². The van der Waals surface area contributed by atoms with Crippen LogP contribution >= 0.6 is 29.1 Å². The minimum atomic E-state index is -1.75. The Labute approximate surface area is 127 Å². The van der Waals surface area contributed by atoms with Gasteiger partial charge in [0.25, 0.3) is 0 Å². The quantitative estimate of drug-likeness (QED) is 0.530. The van der Waals surface area contributed by atoms with E-state index in [-0.39, 0.29) is 0 Å². The molecule has 19 heavy (non-hydrogen) atoms. The fourth-order valence-electron chi connectivity index (χ4n) is 0.577. The minimum Gasteiger partial charge on any atom is -0.582 e. The van der Waals surface area contributed by atoms with E-state index in [1.54, 1.807) is 55.4 Å². The molecule has 3 aromatic heterocycles. The van der Waals surface area contributed by atoms with E-state index >= 15 is 0 Å². The van der Waals surface area contributed by atoms with Crippen LogP contribution in [0, 0.1) is 0 Å². The van der Waals surface area contributed by atoms with Gasteiger partial charge in [0.1, 0.15) is 0 Å². The smallest absolute Gasteiger partial charge is 0.00194 e. The number of rotatable bonds is 0. The van der Waals surface area contributed by atoms with Gasteiger partial charge in [0.2, 0.25) is 0 Å². The molecule has 0 aliphatic carbocycles. The van der Waals surface area contributed by atoms with E-state index < -0.39 is 13.0 Å². The minimum absolute atomic E-state index is 1.64. The SMILES string of the molecule is [Cl][Ru]([Cl])[Cl].c1cn[n-]c1.c1cn[n-]c1.c1cn[n-]c1. The molecule has 0 amide bonds. The molecule has 6 nitrogen and oxygen atoms in total. The molecule has 3 rings (SSSR count). The predicted octanol–water partition coefficient (Wildman–Crippen LogP) is 2.18. The first-order chi connectivity index (χ1) is 9.23. The molecule has 0 spiro atoms. The van der Waals surface area contributed by atoms with E-state index in [0.29, 0.717) is 0 Å². The summed E-state index contributed by atoms with van der Waals surface area (Å²) in [6.45, 7) is 0. The fourth-order valence-corrected chi connectivity index (χ4v) is 0.577. The van der Waals surface area contributed by atoms with E-state index in [4.69, 9.17) is 29.1 Å². The predicted molar refractivity (Wildman–Crippen MR) is 70.2 cm³/mol. The van der Waals surface area contributed by atoms with Crippen LogP contribution in [0.2, 0.25) is 0 Å². The molecule has 10 heteroatoms. The van der Waals surface area contributed by atoms with Crippen molar-refractivity contribution in [2.45, 2.75) is 0 Å². The van der Waals surface area contributed by atoms with E-state index in [2.05, 4.69) is 30.6 Å². The van der Waals surface area contributed by atoms with Gasteiger partial charge >= 0.3 is 42.1 Å². The van der Waals surface area contributed by atoms with Gasteiger partial charge in [0, 0.05) is 18.6 Å². The first kappa shape index (κ1) is 18.1. The molecule has 3 heterocycles. The van der Waals surface area contributed by atoms with Crippen molar-refractivity contribution in [3.8, 4) is 0 Å². The third-order valence-corrected chi connectivity index (χ3v) is 1.12. The Morgan fingerprint density at radius 2 is 0.895 bits per heavy atom. The van der Waals surface area contributed by atoms with Crippen LogP contribution in [0.15, 0.2) is 55.4 Å². The summed E-state index contributed by atoms with van der Waals surface area (Å²) in [7, 11) is 14.8. The van der Waals surface area contributed by atoms with Gasteiger partial charge in [-0.3, -0.25) is 0 Å². The van der Waals surface area contributed by atoms with Crippen LogP contribution in [0.25, 0.3) is 0 Å². The van der Waals surface area contributed by atoms with Crippen molar-refractivity contribution in [2.75, 3.05) is 0 Å². The molecule has 0 saturated carbocycles. The molecular formula is C9H9Cl3N6Ru-3. The Kier molecular flexibility index (Phi) is 14.5. The second kappa shape index (κ2) is 15.2. The Morgan fingerprint density at radius 1 is 0.632 bits per heavy atom. The summed E-state index contributed by atoms with van der Waals surface area (Å²) >= 11 is -1.75. The average molecular weight is 409 g/mol. The Hall–Kier alpha value is -0.877. The molecule has 0 atom stereocenters. The maximum absolute atomic E-state index is 4.95. The van der Waals surface area contributed by atoms with Gasteiger partial charge < -0.3 is 30.6 Å². The van der Waals surface area contributed by atoms with Gasteiger partial charge in [-0.1, -0.05) is 18.2 Å². The van der Waals surface area contributed by atoms with E-state index in [1.165, 1.54) is 0 Å². The van der Waals surface area contributed by atoms with Gasteiger partial charge in [-0.25, -0.2) is 0 Å². The molecule has 3 aromatic rings. The normalized spacial score (nSPS) is 8.68. The molecule has 0 fully saturated rings. The zero-order valence-electron chi connectivity index (χ0n) is 9.37. The second-order valence-electron chi connectivity index (χ2n) is 2.32. The van der Waals surface area contributed by atoms with E-state index in [0.717, 1.165) is 0 Å². The Bertz CT molecular complexity index is 300. The molecule has 0 aliphatic rings. The molecule has 107 valence electrons. The summed E-state index contributed by atoms with van der Waals surface area (Å²) < 4.78 is 0. The van der Waals surface area contributed by atoms with Crippen LogP contribution in [0.3, 0.4) is 0 Å². The zero-order valence-corrected chi connectivity index (χ0v) is 13.4. The monoisotopic (exact) mass is 408 g/mol. The number of aromatic nitrogens is 6. The third kappa shape index (κ3) is 19.6. The van der Waals surface area contributed by atoms with Crippen molar-refractivity contribution in [1.29, 1.82) is 0 Å². The van der Waals surface area contributed by atoms with Crippen molar-refractivity contribution in [2.24, 2.45) is 0 Å². The molecule has 0 bridgehead atoms. The van der Waals surface area contributed by atoms with Crippen molar-refractivity contribution in [1.82, 2.24) is 30.6 Å². The third-order valence-electron chi connectivity index (χ3n) is 1.12. The van der Waals surface area contributed by atoms with Crippen LogP contribution in [0.5, 0.6) is 0 Å². The molecule has 0 N–H and O–H groups in total. The summed E-state index contributed by atoms with van der Waals surface area (Å²) in [6.07, 6.45) is 9.83. The van der Waals surface area contributed by atoms with Gasteiger partial charge in [0.05, 0.1) is 0 Å². The number of halogens is 3. The van der Waals surface area contributed by atoms with Crippen molar-refractivity contribution in [3.05, 3.63) is 55.4 Å². The summed E-state index contributed by atoms with van der Waals surface area (Å²) in [6, 6.07) is 5.33. The molecule has 0 aromatic carbocycles. The van der Waals surface area contributed by atoms with Crippen LogP contribution < -0.4 is 15.3 Å². The summed E-state index contributed by atoms with van der Waals surface area (Å²) in [5.41, 5.74) is 0. The van der Waals surface area contributed by atoms with Crippen molar-refractivity contribution < 1.29 is 13.0 Å². The summed E-state index contributed by atoms with van der Waals surface area (Å²) in [5, 5.41) is 20.8. The van der Waals surface area contributed by atoms with Gasteiger partial charge in [-0.15, -0.1) is 0 Å². The fraction of sp³-hybridized carbons (Fsp3) is 0. The Balaban J connectivity index is 0.000000229. The average Bonchev–Trinajstić information content (AvgIpc) is 3.18. The van der Waals surface area contributed by atoms with Crippen molar-refractivity contribution in [3.63, 3.8) is 0 Å². The molecule has 0 unspecified atom stereocenters. The van der Waals surface area contributed by atoms with Crippen LogP contribution in [-0.4, -0.2) is 15.3 Å². The largest absolute Gasteiger partial charge is 0.582 e. The molecule has 0 aliphatic heterocycles. The van der Waals surface area contributed by atoms with Crippen LogP contribution in [-0.2, 0) is 13.0 Å². The summed E-state index contributed by atoms with van der Waals surface area (Å²) in [4.78, 5) is 0. The summed E-state index contributed by atoms with van der Waals surface area (Å²) in [5.74, 6) is 0. The van der Waals surface area contributed by atoms with Crippen molar-refractivity contribution >= 4 is 29.1 Å². The maximum Gasteiger partial charge on any atom is 0.00194 e. The van der Waals surface area contributed by atoms with E-state index in [9.17, 15) is 0 Å². The zero-order chi connectivity index (χ0) is 14.2. The first-order valence-electron chi connectivity index (χ1n) is 4.55. The van der Waals surface area contributed by atoms with Gasteiger partial charge in [-0.05, 0) is 0 Å². The standard InChI is InChI=1S/3C3H3N2.3ClH.Ru/c3*1-2-4-5-3-1;;;;/h3*1-3H;3*1H;/q3*-1;;;;+3/p-3. The molecular weight excluding hydrogens is 400 g/mol. The van der Waals surface area contributed by atoms with Crippen LogP contribution in [0.1, 0.15) is 0 Å². The van der Waals surface area contributed by atoms with Gasteiger partial charge in [0.15, 0.2) is 0 Å².